The zero-order valence-corrected chi connectivity index (χ0v) is 18.2. The second-order valence-corrected chi connectivity index (χ2v) is 8.31. The fourth-order valence-electron chi connectivity index (χ4n) is 4.15. The predicted octanol–water partition coefficient (Wildman–Crippen LogP) is 4.64. The highest BCUT2D eigenvalue weighted by Gasteiger charge is 2.29. The van der Waals surface area contributed by atoms with Crippen molar-refractivity contribution in [1.82, 2.24) is 9.80 Å². The molecule has 0 bridgehead atoms. The van der Waals surface area contributed by atoms with E-state index < -0.39 is 5.82 Å². The van der Waals surface area contributed by atoms with E-state index in [1.807, 2.05) is 11.9 Å². The van der Waals surface area contributed by atoms with E-state index in [1.165, 1.54) is 30.3 Å². The maximum Gasteiger partial charge on any atom is 0.233 e. The van der Waals surface area contributed by atoms with Crippen molar-refractivity contribution in [2.45, 2.75) is 31.7 Å². The van der Waals surface area contributed by atoms with E-state index in [2.05, 4.69) is 4.90 Å². The van der Waals surface area contributed by atoms with Gasteiger partial charge in [-0.15, -0.1) is 0 Å². The summed E-state index contributed by atoms with van der Waals surface area (Å²) in [6.45, 7) is 3.64. The molecule has 4 rings (SSSR count). The highest BCUT2D eigenvalue weighted by atomic mass is 19.1. The van der Waals surface area contributed by atoms with E-state index in [9.17, 15) is 13.6 Å². The van der Waals surface area contributed by atoms with E-state index in [1.54, 1.807) is 18.3 Å². The second-order valence-electron chi connectivity index (χ2n) is 8.31. The van der Waals surface area contributed by atoms with Crippen molar-refractivity contribution in [3.8, 4) is 11.5 Å². The maximum atomic E-state index is 13.4. The number of allylic oxidation sites excluding steroid dienone is 1. The molecule has 0 N–H and O–H groups in total. The fraction of sp³-hybridized carbons (Fsp3) is 0.400. The number of ketones is 1. The summed E-state index contributed by atoms with van der Waals surface area (Å²) >= 11 is 0. The quantitative estimate of drug-likeness (QED) is 0.440. The van der Waals surface area contributed by atoms with Crippen LogP contribution in [0.3, 0.4) is 0 Å². The fourth-order valence-corrected chi connectivity index (χ4v) is 4.15. The molecule has 0 atom stereocenters. The topological polar surface area (TPSA) is 42.0 Å². The van der Waals surface area contributed by atoms with Crippen molar-refractivity contribution in [1.29, 1.82) is 0 Å². The molecule has 170 valence electrons. The third-order valence-electron chi connectivity index (χ3n) is 6.03. The van der Waals surface area contributed by atoms with Crippen LogP contribution in [0.2, 0.25) is 0 Å². The minimum Gasteiger partial charge on any atom is -0.494 e. The van der Waals surface area contributed by atoms with Crippen molar-refractivity contribution in [2.75, 3.05) is 33.3 Å². The van der Waals surface area contributed by atoms with Gasteiger partial charge in [0.1, 0.15) is 23.1 Å². The van der Waals surface area contributed by atoms with Gasteiger partial charge in [-0.05, 0) is 74.7 Å². The summed E-state index contributed by atoms with van der Waals surface area (Å²) in [5.74, 6) is 0.384. The normalized spacial score (nSPS) is 18.0. The first kappa shape index (κ1) is 22.3. The molecule has 1 saturated heterocycles. The molecule has 1 fully saturated rings. The number of halogens is 2. The van der Waals surface area contributed by atoms with Crippen LogP contribution in [0.5, 0.6) is 11.5 Å². The first-order chi connectivity index (χ1) is 15.5. The summed E-state index contributed by atoms with van der Waals surface area (Å²) in [6, 6.07) is 10.4. The summed E-state index contributed by atoms with van der Waals surface area (Å²) in [6.07, 6.45) is 5.74. The van der Waals surface area contributed by atoms with Gasteiger partial charge < -0.3 is 19.3 Å². The van der Waals surface area contributed by atoms with E-state index in [4.69, 9.17) is 9.47 Å². The lowest BCUT2D eigenvalue weighted by molar-refractivity contribution is 0.100. The monoisotopic (exact) mass is 442 g/mol. The van der Waals surface area contributed by atoms with Gasteiger partial charge >= 0.3 is 0 Å². The number of ether oxygens (including phenoxy) is 2. The van der Waals surface area contributed by atoms with Crippen molar-refractivity contribution in [3.63, 3.8) is 0 Å². The Hall–Kier alpha value is -2.93. The van der Waals surface area contributed by atoms with Gasteiger partial charge in [-0.1, -0.05) is 0 Å². The predicted molar refractivity (Wildman–Crippen MR) is 118 cm³/mol. The third kappa shape index (κ3) is 5.46. The molecule has 7 heteroatoms. The number of piperidine rings is 1. The molecule has 0 spiro atoms. The summed E-state index contributed by atoms with van der Waals surface area (Å²) < 4.78 is 37.6. The lowest BCUT2D eigenvalue weighted by Crippen LogP contribution is -2.42. The number of benzene rings is 2. The highest BCUT2D eigenvalue weighted by molar-refractivity contribution is 6.12. The molecule has 0 saturated carbocycles. The van der Waals surface area contributed by atoms with Crippen molar-refractivity contribution in [2.24, 2.45) is 0 Å². The van der Waals surface area contributed by atoms with E-state index >= 15 is 0 Å². The second kappa shape index (κ2) is 10.1. The molecule has 2 heterocycles. The van der Waals surface area contributed by atoms with Gasteiger partial charge in [-0.2, -0.15) is 0 Å². The Kier molecular flexibility index (Phi) is 7.05. The molecule has 0 aromatic heterocycles. The molecule has 5 nitrogen and oxygen atoms in total. The van der Waals surface area contributed by atoms with Crippen LogP contribution < -0.4 is 9.47 Å². The summed E-state index contributed by atoms with van der Waals surface area (Å²) in [4.78, 5) is 17.0. The number of fused-ring (bicyclic) bond motifs is 1. The largest absolute Gasteiger partial charge is 0.494 e. The Balaban J connectivity index is 1.17. The van der Waals surface area contributed by atoms with Crippen LogP contribution >= 0.6 is 0 Å². The molecular weight excluding hydrogens is 414 g/mol. The van der Waals surface area contributed by atoms with Gasteiger partial charge in [0.15, 0.2) is 5.76 Å². The average molecular weight is 443 g/mol. The zero-order chi connectivity index (χ0) is 22.5. The van der Waals surface area contributed by atoms with Crippen molar-refractivity contribution < 1.29 is 23.0 Å². The molecule has 32 heavy (non-hydrogen) atoms. The van der Waals surface area contributed by atoms with Crippen LogP contribution in [0.25, 0.3) is 0 Å². The number of nitrogens with zero attached hydrogens (tertiary/aromatic N) is 2. The average Bonchev–Trinajstić information content (AvgIpc) is 3.10. The Labute approximate surface area is 187 Å². The molecule has 2 aromatic carbocycles. The zero-order valence-electron chi connectivity index (χ0n) is 18.2. The van der Waals surface area contributed by atoms with Crippen LogP contribution in [0.15, 0.2) is 54.4 Å². The minimum atomic E-state index is -0.440. The Morgan fingerprint density at radius 1 is 1.09 bits per heavy atom. The third-order valence-corrected chi connectivity index (χ3v) is 6.03. The number of hydrogen-bond donors (Lipinski definition) is 0. The molecule has 0 unspecified atom stereocenters. The van der Waals surface area contributed by atoms with Gasteiger partial charge in [0.05, 0.1) is 12.2 Å². The smallest absolute Gasteiger partial charge is 0.233 e. The summed E-state index contributed by atoms with van der Waals surface area (Å²) in [7, 11) is 1.96. The highest BCUT2D eigenvalue weighted by Crippen LogP contribution is 2.31. The molecule has 0 aliphatic carbocycles. The standard InChI is InChI=1S/C25H28F2N2O3/c1-28(17-24-25(30)22-16-19(27)6-9-23(22)32-24)20-10-13-29(14-11-20)12-2-3-15-31-21-7-4-18(26)5-8-21/h4-9,16-17,20H,2-3,10-15H2,1H3. The van der Waals surface area contributed by atoms with Crippen LogP contribution in [0, 0.1) is 11.6 Å². The molecule has 2 aliphatic rings. The molecule has 2 aliphatic heterocycles. The van der Waals surface area contributed by atoms with Gasteiger partial charge in [-0.25, -0.2) is 8.78 Å². The number of likely N-dealkylation sites (tertiary alicyclic amines) is 1. The number of rotatable bonds is 8. The number of carbonyl (C=O) groups excluding carboxylic acids is 1. The minimum absolute atomic E-state index is 0.247. The summed E-state index contributed by atoms with van der Waals surface area (Å²) in [5.41, 5.74) is 0.280. The van der Waals surface area contributed by atoms with Gasteiger partial charge in [0.2, 0.25) is 5.78 Å². The van der Waals surface area contributed by atoms with Gasteiger partial charge in [0.25, 0.3) is 0 Å². The summed E-state index contributed by atoms with van der Waals surface area (Å²) in [5, 5.41) is 0. The first-order valence-corrected chi connectivity index (χ1v) is 11.1. The van der Waals surface area contributed by atoms with Crippen LogP contribution in [-0.4, -0.2) is 54.9 Å². The number of Topliss-reactive ketones (excluding diaryl/α,β-unsaturated/α-hetero) is 1. The van der Waals surface area contributed by atoms with Gasteiger partial charge in [0, 0.05) is 32.4 Å². The maximum absolute atomic E-state index is 13.4. The van der Waals surface area contributed by atoms with Crippen LogP contribution in [0.4, 0.5) is 8.78 Å². The molecule has 0 amide bonds. The van der Waals surface area contributed by atoms with Crippen molar-refractivity contribution >= 4 is 5.78 Å². The lowest BCUT2D eigenvalue weighted by atomic mass is 10.0. The number of unbranched alkanes of at least 4 members (excludes halogenated alkanes) is 1. The van der Waals surface area contributed by atoms with Crippen molar-refractivity contribution in [3.05, 3.63) is 71.6 Å². The first-order valence-electron chi connectivity index (χ1n) is 11.1. The Morgan fingerprint density at radius 3 is 2.56 bits per heavy atom. The molecule has 0 radical (unpaired) electrons. The number of hydrogen-bond acceptors (Lipinski definition) is 5. The molecule has 2 aromatic rings. The lowest BCUT2D eigenvalue weighted by Gasteiger charge is -2.36. The van der Waals surface area contributed by atoms with Crippen LogP contribution in [-0.2, 0) is 0 Å². The SMILES string of the molecule is CN(C=C1Oc2ccc(F)cc2C1=O)C1CCN(CCCCOc2ccc(F)cc2)CC1. The van der Waals surface area contributed by atoms with E-state index in [0.29, 0.717) is 24.1 Å². The van der Waals surface area contributed by atoms with Gasteiger partial charge in [-0.3, -0.25) is 4.79 Å². The van der Waals surface area contributed by atoms with E-state index in [-0.39, 0.29) is 22.9 Å². The molecular formula is C25H28F2N2O3. The Bertz CT molecular complexity index is 970. The Morgan fingerprint density at radius 2 is 1.81 bits per heavy atom. The number of carbonyl (C=O) groups is 1. The van der Waals surface area contributed by atoms with E-state index in [0.717, 1.165) is 45.3 Å². The van der Waals surface area contributed by atoms with Crippen LogP contribution in [0.1, 0.15) is 36.0 Å².